The monoisotopic (exact) mass is 318 g/mol. The van der Waals surface area contributed by atoms with E-state index >= 15 is 0 Å². The van der Waals surface area contributed by atoms with Crippen LogP contribution in [0, 0.1) is 11.6 Å². The van der Waals surface area contributed by atoms with Crippen LogP contribution in [0.25, 0.3) is 5.57 Å². The van der Waals surface area contributed by atoms with Gasteiger partial charge in [-0.2, -0.15) is 0 Å². The number of hydrogen-bond donors (Lipinski definition) is 1. The molecule has 1 aliphatic rings. The molecule has 0 spiro atoms. The second kappa shape index (κ2) is 5.86. The fourth-order valence-electron chi connectivity index (χ4n) is 2.96. The van der Waals surface area contributed by atoms with E-state index in [9.17, 15) is 13.9 Å². The summed E-state index contributed by atoms with van der Waals surface area (Å²) < 4.78 is 27.0. The molecule has 1 unspecified atom stereocenters. The fourth-order valence-corrected chi connectivity index (χ4v) is 3.37. The minimum atomic E-state index is -1.20. The Balaban J connectivity index is 2.03. The SMILES string of the molecule is CSc1ccc(C2(O)CCC=C2c2cc(F)cc(F)c2)cc1. The van der Waals surface area contributed by atoms with Crippen LogP contribution in [0.2, 0.25) is 0 Å². The van der Waals surface area contributed by atoms with E-state index in [1.807, 2.05) is 36.6 Å². The molecule has 1 aliphatic carbocycles. The Kier molecular flexibility index (Phi) is 4.06. The summed E-state index contributed by atoms with van der Waals surface area (Å²) in [5, 5.41) is 11.1. The molecule has 114 valence electrons. The lowest BCUT2D eigenvalue weighted by atomic mass is 9.84. The number of thioether (sulfide) groups is 1. The van der Waals surface area contributed by atoms with Crippen LogP contribution in [-0.4, -0.2) is 11.4 Å². The molecular weight excluding hydrogens is 302 g/mol. The second-order valence-electron chi connectivity index (χ2n) is 5.40. The molecule has 22 heavy (non-hydrogen) atoms. The number of benzene rings is 2. The van der Waals surface area contributed by atoms with Crippen LogP contribution in [0.1, 0.15) is 24.0 Å². The summed E-state index contributed by atoms with van der Waals surface area (Å²) >= 11 is 1.62. The van der Waals surface area contributed by atoms with Crippen LogP contribution in [0.5, 0.6) is 0 Å². The molecule has 0 amide bonds. The first-order chi connectivity index (χ1) is 10.5. The van der Waals surface area contributed by atoms with E-state index in [1.165, 1.54) is 12.1 Å². The molecule has 0 saturated carbocycles. The Morgan fingerprint density at radius 2 is 1.68 bits per heavy atom. The Morgan fingerprint density at radius 1 is 1.05 bits per heavy atom. The lowest BCUT2D eigenvalue weighted by Gasteiger charge is -2.28. The normalized spacial score (nSPS) is 21.0. The van der Waals surface area contributed by atoms with E-state index in [1.54, 1.807) is 11.8 Å². The van der Waals surface area contributed by atoms with Crippen LogP contribution in [0.4, 0.5) is 8.78 Å². The maximum absolute atomic E-state index is 13.5. The van der Waals surface area contributed by atoms with Gasteiger partial charge in [-0.25, -0.2) is 8.78 Å². The van der Waals surface area contributed by atoms with E-state index in [2.05, 4.69) is 0 Å². The zero-order valence-corrected chi connectivity index (χ0v) is 13.0. The average molecular weight is 318 g/mol. The van der Waals surface area contributed by atoms with Gasteiger partial charge in [-0.05, 0) is 60.1 Å². The van der Waals surface area contributed by atoms with E-state index in [4.69, 9.17) is 0 Å². The van der Waals surface area contributed by atoms with Crippen LogP contribution in [0.15, 0.2) is 53.4 Å². The summed E-state index contributed by atoms with van der Waals surface area (Å²) in [6.45, 7) is 0. The van der Waals surface area contributed by atoms with Gasteiger partial charge in [-0.15, -0.1) is 11.8 Å². The van der Waals surface area contributed by atoms with Gasteiger partial charge in [0.2, 0.25) is 0 Å². The molecule has 0 heterocycles. The van der Waals surface area contributed by atoms with Gasteiger partial charge < -0.3 is 5.11 Å². The lowest BCUT2D eigenvalue weighted by Crippen LogP contribution is -2.24. The molecule has 1 N–H and O–H groups in total. The van der Waals surface area contributed by atoms with Crippen LogP contribution < -0.4 is 0 Å². The van der Waals surface area contributed by atoms with Gasteiger partial charge in [-0.3, -0.25) is 0 Å². The first-order valence-electron chi connectivity index (χ1n) is 7.07. The molecule has 2 aromatic rings. The smallest absolute Gasteiger partial charge is 0.126 e. The van der Waals surface area contributed by atoms with Crippen LogP contribution in [-0.2, 0) is 5.60 Å². The summed E-state index contributed by atoms with van der Waals surface area (Å²) in [4.78, 5) is 1.10. The molecule has 0 aliphatic heterocycles. The standard InChI is InChI=1S/C18H16F2OS/c1-22-16-6-4-13(5-7-16)18(21)8-2-3-17(18)12-9-14(19)11-15(20)10-12/h3-7,9-11,21H,2,8H2,1H3. The highest BCUT2D eigenvalue weighted by Crippen LogP contribution is 2.45. The first kappa shape index (κ1) is 15.3. The summed E-state index contributed by atoms with van der Waals surface area (Å²) in [7, 11) is 0. The number of allylic oxidation sites excluding steroid dienone is 1. The van der Waals surface area contributed by atoms with Crippen molar-refractivity contribution in [2.24, 2.45) is 0 Å². The van der Waals surface area contributed by atoms with Gasteiger partial charge in [-0.1, -0.05) is 18.2 Å². The number of halogens is 2. The molecule has 0 saturated heterocycles. The van der Waals surface area contributed by atoms with Crippen molar-refractivity contribution in [3.05, 3.63) is 71.3 Å². The zero-order chi connectivity index (χ0) is 15.7. The predicted octanol–water partition coefficient (Wildman–Crippen LogP) is 4.75. The van der Waals surface area contributed by atoms with Gasteiger partial charge in [0.05, 0.1) is 0 Å². The minimum absolute atomic E-state index is 0.395. The molecule has 1 atom stereocenters. The molecular formula is C18H16F2OS. The first-order valence-corrected chi connectivity index (χ1v) is 8.29. The molecule has 0 radical (unpaired) electrons. The van der Waals surface area contributed by atoms with Crippen molar-refractivity contribution >= 4 is 17.3 Å². The summed E-state index contributed by atoms with van der Waals surface area (Å²) in [6.07, 6.45) is 5.03. The van der Waals surface area contributed by atoms with Crippen LogP contribution in [0.3, 0.4) is 0 Å². The Morgan fingerprint density at radius 3 is 2.27 bits per heavy atom. The van der Waals surface area contributed by atoms with Crippen molar-refractivity contribution in [1.29, 1.82) is 0 Å². The predicted molar refractivity (Wildman–Crippen MR) is 85.7 cm³/mol. The quantitative estimate of drug-likeness (QED) is 0.824. The Hall–Kier alpha value is -1.65. The van der Waals surface area contributed by atoms with Gasteiger partial charge in [0, 0.05) is 11.0 Å². The molecule has 4 heteroatoms. The fraction of sp³-hybridized carbons (Fsp3) is 0.222. The maximum Gasteiger partial charge on any atom is 0.126 e. The second-order valence-corrected chi connectivity index (χ2v) is 6.28. The zero-order valence-electron chi connectivity index (χ0n) is 12.1. The highest BCUT2D eigenvalue weighted by molar-refractivity contribution is 7.98. The van der Waals surface area contributed by atoms with Crippen molar-refractivity contribution in [2.45, 2.75) is 23.3 Å². The molecule has 0 aromatic heterocycles. The van der Waals surface area contributed by atoms with E-state index < -0.39 is 17.2 Å². The number of hydrogen-bond acceptors (Lipinski definition) is 2. The lowest BCUT2D eigenvalue weighted by molar-refractivity contribution is 0.0994. The third-order valence-electron chi connectivity index (χ3n) is 4.04. The van der Waals surface area contributed by atoms with Gasteiger partial charge in [0.25, 0.3) is 0 Å². The van der Waals surface area contributed by atoms with Crippen molar-refractivity contribution in [2.75, 3.05) is 6.26 Å². The van der Waals surface area contributed by atoms with Gasteiger partial charge >= 0.3 is 0 Å². The van der Waals surface area contributed by atoms with E-state index in [0.29, 0.717) is 24.0 Å². The molecule has 1 nitrogen and oxygen atoms in total. The summed E-state index contributed by atoms with van der Waals surface area (Å²) in [5.41, 5.74) is 0.518. The largest absolute Gasteiger partial charge is 0.380 e. The maximum atomic E-state index is 13.5. The highest BCUT2D eigenvalue weighted by Gasteiger charge is 2.37. The third kappa shape index (κ3) is 2.69. The van der Waals surface area contributed by atoms with Crippen molar-refractivity contribution in [3.8, 4) is 0 Å². The van der Waals surface area contributed by atoms with Crippen molar-refractivity contribution < 1.29 is 13.9 Å². The van der Waals surface area contributed by atoms with Gasteiger partial charge in [0.1, 0.15) is 17.2 Å². The Bertz CT molecular complexity index is 704. The summed E-state index contributed by atoms with van der Waals surface area (Å²) in [6, 6.07) is 11.0. The topological polar surface area (TPSA) is 20.2 Å². The highest BCUT2D eigenvalue weighted by atomic mass is 32.2. The van der Waals surface area contributed by atoms with Crippen molar-refractivity contribution in [1.82, 2.24) is 0 Å². The average Bonchev–Trinajstić information content (AvgIpc) is 2.89. The molecule has 0 bridgehead atoms. The summed E-state index contributed by atoms with van der Waals surface area (Å²) in [5.74, 6) is -1.27. The van der Waals surface area contributed by atoms with Crippen LogP contribution >= 0.6 is 11.8 Å². The van der Waals surface area contributed by atoms with E-state index in [-0.39, 0.29) is 0 Å². The van der Waals surface area contributed by atoms with Crippen molar-refractivity contribution in [3.63, 3.8) is 0 Å². The number of aliphatic hydroxyl groups is 1. The van der Waals surface area contributed by atoms with Gasteiger partial charge in [0.15, 0.2) is 0 Å². The third-order valence-corrected chi connectivity index (χ3v) is 4.78. The molecule has 2 aromatic carbocycles. The molecule has 3 rings (SSSR count). The van der Waals surface area contributed by atoms with E-state index in [0.717, 1.165) is 16.5 Å². The molecule has 0 fully saturated rings. The number of rotatable bonds is 3. The minimum Gasteiger partial charge on any atom is -0.380 e. The Labute approximate surface area is 132 Å².